The Balaban J connectivity index is 2.15. The van der Waals surface area contributed by atoms with E-state index in [1.165, 1.54) is 0 Å². The summed E-state index contributed by atoms with van der Waals surface area (Å²) in [5.41, 5.74) is 7.39. The van der Waals surface area contributed by atoms with Crippen molar-refractivity contribution in [2.24, 2.45) is 0 Å². The van der Waals surface area contributed by atoms with E-state index in [4.69, 9.17) is 19.4 Å². The van der Waals surface area contributed by atoms with Gasteiger partial charge in [-0.2, -0.15) is 0 Å². The first-order valence-corrected chi connectivity index (χ1v) is 10.1. The van der Waals surface area contributed by atoms with Crippen molar-refractivity contribution in [1.82, 2.24) is 14.5 Å². The summed E-state index contributed by atoms with van der Waals surface area (Å²) in [5, 5.41) is 3.25. The highest BCUT2D eigenvalue weighted by molar-refractivity contribution is 5.86. The van der Waals surface area contributed by atoms with Crippen LogP contribution in [-0.2, 0) is 9.47 Å². The standard InChI is InChI=1S/C23H32N4O2/c1-14(2)19-9-8-18(23(24-5)25-19)21-15(3)10-20-22(26-21)16(4)11-27(20)17(12-28-6)13-29-7/h8-11,14,17H,12-13H2,1-7H3,(H,24,25). The lowest BCUT2D eigenvalue weighted by atomic mass is 10.0. The predicted molar refractivity (Wildman–Crippen MR) is 119 cm³/mol. The van der Waals surface area contributed by atoms with Crippen LogP contribution in [-0.4, -0.2) is 49.0 Å². The molecule has 0 aromatic carbocycles. The first-order chi connectivity index (χ1) is 13.9. The van der Waals surface area contributed by atoms with Crippen LogP contribution in [0.5, 0.6) is 0 Å². The number of hydrogen-bond donors (Lipinski definition) is 1. The highest BCUT2D eigenvalue weighted by atomic mass is 16.5. The molecule has 29 heavy (non-hydrogen) atoms. The minimum absolute atomic E-state index is 0.105. The summed E-state index contributed by atoms with van der Waals surface area (Å²) in [6.07, 6.45) is 2.14. The molecule has 0 aliphatic rings. The average Bonchev–Trinajstić information content (AvgIpc) is 3.02. The van der Waals surface area contributed by atoms with E-state index in [1.807, 2.05) is 7.05 Å². The number of fused-ring (bicyclic) bond motifs is 1. The second kappa shape index (κ2) is 8.93. The molecule has 6 heteroatoms. The van der Waals surface area contributed by atoms with Gasteiger partial charge in [0.15, 0.2) is 0 Å². The van der Waals surface area contributed by atoms with Gasteiger partial charge in [-0.15, -0.1) is 0 Å². The summed E-state index contributed by atoms with van der Waals surface area (Å²) in [6.45, 7) is 9.68. The van der Waals surface area contributed by atoms with Gasteiger partial charge in [-0.1, -0.05) is 13.8 Å². The molecule has 3 heterocycles. The van der Waals surface area contributed by atoms with E-state index >= 15 is 0 Å². The van der Waals surface area contributed by atoms with E-state index in [0.29, 0.717) is 19.1 Å². The summed E-state index contributed by atoms with van der Waals surface area (Å²) in [7, 11) is 5.34. The van der Waals surface area contributed by atoms with Crippen LogP contribution >= 0.6 is 0 Å². The Kier molecular flexibility index (Phi) is 6.55. The smallest absolute Gasteiger partial charge is 0.135 e. The van der Waals surface area contributed by atoms with E-state index < -0.39 is 0 Å². The largest absolute Gasteiger partial charge is 0.382 e. The third kappa shape index (κ3) is 4.14. The third-order valence-corrected chi connectivity index (χ3v) is 5.29. The molecule has 0 aliphatic heterocycles. The Morgan fingerprint density at radius 3 is 2.31 bits per heavy atom. The fourth-order valence-electron chi connectivity index (χ4n) is 3.77. The molecule has 0 radical (unpaired) electrons. The van der Waals surface area contributed by atoms with Crippen molar-refractivity contribution in [3.8, 4) is 11.3 Å². The topological polar surface area (TPSA) is 61.2 Å². The van der Waals surface area contributed by atoms with Crippen molar-refractivity contribution in [2.45, 2.75) is 39.7 Å². The van der Waals surface area contributed by atoms with Gasteiger partial charge in [0.05, 0.1) is 36.0 Å². The normalized spacial score (nSPS) is 11.8. The van der Waals surface area contributed by atoms with Crippen molar-refractivity contribution in [2.75, 3.05) is 39.8 Å². The Bertz CT molecular complexity index is 988. The number of nitrogens with zero attached hydrogens (tertiary/aromatic N) is 3. The van der Waals surface area contributed by atoms with Gasteiger partial charge in [0.25, 0.3) is 0 Å². The molecule has 0 saturated carbocycles. The number of methoxy groups -OCH3 is 2. The molecular formula is C23H32N4O2. The van der Waals surface area contributed by atoms with Crippen LogP contribution in [0.15, 0.2) is 24.4 Å². The van der Waals surface area contributed by atoms with Gasteiger partial charge in [-0.3, -0.25) is 0 Å². The van der Waals surface area contributed by atoms with Crippen molar-refractivity contribution >= 4 is 16.9 Å². The zero-order valence-corrected chi connectivity index (χ0v) is 18.5. The molecule has 0 unspecified atom stereocenters. The molecule has 3 aromatic rings. The lowest BCUT2D eigenvalue weighted by molar-refractivity contribution is 0.0913. The summed E-state index contributed by atoms with van der Waals surface area (Å²) >= 11 is 0. The van der Waals surface area contributed by atoms with Crippen LogP contribution in [0.2, 0.25) is 0 Å². The molecule has 0 aliphatic carbocycles. The number of ether oxygens (including phenoxy) is 2. The minimum atomic E-state index is 0.105. The molecule has 0 atom stereocenters. The Morgan fingerprint density at radius 2 is 1.72 bits per heavy atom. The van der Waals surface area contributed by atoms with E-state index in [2.05, 4.69) is 62.0 Å². The second-order valence-electron chi connectivity index (χ2n) is 7.84. The summed E-state index contributed by atoms with van der Waals surface area (Å²) in [4.78, 5) is 9.87. The van der Waals surface area contributed by atoms with Crippen molar-refractivity contribution in [3.63, 3.8) is 0 Å². The zero-order chi connectivity index (χ0) is 21.1. The van der Waals surface area contributed by atoms with Gasteiger partial charge in [0.1, 0.15) is 5.82 Å². The van der Waals surface area contributed by atoms with Gasteiger partial charge in [-0.25, -0.2) is 9.97 Å². The lowest BCUT2D eigenvalue weighted by Gasteiger charge is -2.19. The maximum Gasteiger partial charge on any atom is 0.135 e. The van der Waals surface area contributed by atoms with Crippen molar-refractivity contribution in [1.29, 1.82) is 0 Å². The molecule has 0 amide bonds. The van der Waals surface area contributed by atoms with Gasteiger partial charge in [0, 0.05) is 38.7 Å². The molecule has 156 valence electrons. The van der Waals surface area contributed by atoms with E-state index in [-0.39, 0.29) is 6.04 Å². The fourth-order valence-corrected chi connectivity index (χ4v) is 3.77. The molecule has 3 aromatic heterocycles. The minimum Gasteiger partial charge on any atom is -0.382 e. The first-order valence-electron chi connectivity index (χ1n) is 10.1. The number of hydrogen-bond acceptors (Lipinski definition) is 5. The highest BCUT2D eigenvalue weighted by Crippen LogP contribution is 2.33. The molecule has 0 fully saturated rings. The van der Waals surface area contributed by atoms with E-state index in [0.717, 1.165) is 44.9 Å². The summed E-state index contributed by atoms with van der Waals surface area (Å²) < 4.78 is 13.1. The zero-order valence-electron chi connectivity index (χ0n) is 18.5. The number of nitrogens with one attached hydrogen (secondary N) is 1. The average molecular weight is 397 g/mol. The fraction of sp³-hybridized carbons (Fsp3) is 0.478. The second-order valence-corrected chi connectivity index (χ2v) is 7.84. The predicted octanol–water partition coefficient (Wildman–Crippen LogP) is 4.71. The summed E-state index contributed by atoms with van der Waals surface area (Å²) in [6, 6.07) is 6.53. The maximum absolute atomic E-state index is 5.42. The van der Waals surface area contributed by atoms with Gasteiger partial charge in [0.2, 0.25) is 0 Å². The number of anilines is 1. The number of rotatable bonds is 8. The van der Waals surface area contributed by atoms with Crippen LogP contribution in [0, 0.1) is 13.8 Å². The SMILES string of the molecule is CNc1nc(C(C)C)ccc1-c1nc2c(C)cn(C(COC)COC)c2cc1C. The van der Waals surface area contributed by atoms with Crippen molar-refractivity contribution in [3.05, 3.63) is 41.2 Å². The first kappa shape index (κ1) is 21.3. The molecule has 0 spiro atoms. The number of aromatic nitrogens is 3. The van der Waals surface area contributed by atoms with Crippen LogP contribution in [0.4, 0.5) is 5.82 Å². The molecule has 0 bridgehead atoms. The molecule has 6 nitrogen and oxygen atoms in total. The quantitative estimate of drug-likeness (QED) is 0.597. The van der Waals surface area contributed by atoms with E-state index in [9.17, 15) is 0 Å². The maximum atomic E-state index is 5.42. The monoisotopic (exact) mass is 396 g/mol. The Morgan fingerprint density at radius 1 is 1.03 bits per heavy atom. The van der Waals surface area contributed by atoms with Crippen molar-refractivity contribution < 1.29 is 9.47 Å². The van der Waals surface area contributed by atoms with Crippen LogP contribution in [0.25, 0.3) is 22.3 Å². The van der Waals surface area contributed by atoms with Crippen LogP contribution < -0.4 is 5.32 Å². The van der Waals surface area contributed by atoms with Gasteiger partial charge < -0.3 is 19.4 Å². The number of pyridine rings is 2. The van der Waals surface area contributed by atoms with E-state index in [1.54, 1.807) is 14.2 Å². The van der Waals surface area contributed by atoms with Crippen LogP contribution in [0.3, 0.4) is 0 Å². The van der Waals surface area contributed by atoms with Crippen LogP contribution in [0.1, 0.15) is 42.6 Å². The summed E-state index contributed by atoms with van der Waals surface area (Å²) in [5.74, 6) is 1.24. The lowest BCUT2D eigenvalue weighted by Crippen LogP contribution is -2.19. The van der Waals surface area contributed by atoms with Gasteiger partial charge >= 0.3 is 0 Å². The highest BCUT2D eigenvalue weighted by Gasteiger charge is 2.19. The molecular weight excluding hydrogens is 364 g/mol. The molecule has 0 saturated heterocycles. The molecule has 3 rings (SSSR count). The van der Waals surface area contributed by atoms with Gasteiger partial charge in [-0.05, 0) is 49.1 Å². The number of aryl methyl sites for hydroxylation is 2. The third-order valence-electron chi connectivity index (χ3n) is 5.29. The Labute approximate surface area is 173 Å². The Hall–Kier alpha value is -2.44. The molecule has 1 N–H and O–H groups in total.